The molecule has 0 spiro atoms. The number of carbonyl (C=O) groups is 1. The van der Waals surface area contributed by atoms with Crippen molar-refractivity contribution in [2.45, 2.75) is 13.8 Å². The van der Waals surface area contributed by atoms with E-state index in [1.54, 1.807) is 0 Å². The highest BCUT2D eigenvalue weighted by Gasteiger charge is 2.08. The Kier molecular flexibility index (Phi) is 5.36. The Balaban J connectivity index is 1.88. The molecule has 0 fully saturated rings. The molecule has 1 N–H and O–H groups in total. The van der Waals surface area contributed by atoms with Gasteiger partial charge in [0.2, 0.25) is 0 Å². The Labute approximate surface area is 130 Å². The average Bonchev–Trinajstić information content (AvgIpc) is 2.52. The molecular weight excluding hydrogens is 278 g/mol. The van der Waals surface area contributed by atoms with Gasteiger partial charge in [0.1, 0.15) is 0 Å². The highest BCUT2D eigenvalue weighted by molar-refractivity contribution is 5.93. The van der Waals surface area contributed by atoms with Gasteiger partial charge in [0.25, 0.3) is 5.91 Å². The first-order valence-electron chi connectivity index (χ1n) is 7.39. The molecule has 5 nitrogen and oxygen atoms in total. The van der Waals surface area contributed by atoms with E-state index in [1.165, 1.54) is 30.1 Å². The molecule has 1 heterocycles. The Bertz CT molecular complexity index is 626. The smallest absolute Gasteiger partial charge is 0.251 e. The molecule has 0 unspecified atom stereocenters. The number of carbonyl (C=O) groups excluding carboxylic acids is 1. The SMILES string of the molecule is CCN(CCNC(=O)c1cc[n+]([O-])cc1)c1cccc(C)c1. The van der Waals surface area contributed by atoms with Crippen LogP contribution in [0.25, 0.3) is 0 Å². The zero-order valence-corrected chi connectivity index (χ0v) is 13.0. The minimum absolute atomic E-state index is 0.166. The summed E-state index contributed by atoms with van der Waals surface area (Å²) < 4.78 is 0.660. The molecule has 0 atom stereocenters. The summed E-state index contributed by atoms with van der Waals surface area (Å²) in [6.45, 7) is 6.32. The van der Waals surface area contributed by atoms with Gasteiger partial charge in [-0.3, -0.25) is 4.79 Å². The molecule has 1 aromatic carbocycles. The van der Waals surface area contributed by atoms with Gasteiger partial charge >= 0.3 is 0 Å². The summed E-state index contributed by atoms with van der Waals surface area (Å²) in [4.78, 5) is 14.2. The third-order valence-electron chi connectivity index (χ3n) is 3.48. The number of rotatable bonds is 6. The molecule has 5 heteroatoms. The second-order valence-electron chi connectivity index (χ2n) is 5.12. The number of aromatic nitrogens is 1. The molecule has 0 aliphatic rings. The van der Waals surface area contributed by atoms with E-state index in [1.807, 2.05) is 6.07 Å². The summed E-state index contributed by atoms with van der Waals surface area (Å²) in [6, 6.07) is 11.3. The Morgan fingerprint density at radius 2 is 2.00 bits per heavy atom. The second-order valence-corrected chi connectivity index (χ2v) is 5.12. The summed E-state index contributed by atoms with van der Waals surface area (Å²) in [6.07, 6.45) is 2.64. The minimum Gasteiger partial charge on any atom is -0.619 e. The van der Waals surface area contributed by atoms with Gasteiger partial charge in [0, 0.05) is 37.5 Å². The highest BCUT2D eigenvalue weighted by Crippen LogP contribution is 2.14. The molecule has 1 amide bonds. The Morgan fingerprint density at radius 3 is 2.64 bits per heavy atom. The topological polar surface area (TPSA) is 59.3 Å². The van der Waals surface area contributed by atoms with Crippen LogP contribution in [0.4, 0.5) is 5.69 Å². The van der Waals surface area contributed by atoms with E-state index >= 15 is 0 Å². The zero-order chi connectivity index (χ0) is 15.9. The number of benzene rings is 1. The van der Waals surface area contributed by atoms with Crippen LogP contribution in [0.5, 0.6) is 0 Å². The largest absolute Gasteiger partial charge is 0.619 e. The van der Waals surface area contributed by atoms with Crippen molar-refractivity contribution in [3.05, 3.63) is 65.1 Å². The fourth-order valence-corrected chi connectivity index (χ4v) is 2.27. The quantitative estimate of drug-likeness (QED) is 0.654. The van der Waals surface area contributed by atoms with Crippen LogP contribution in [0, 0.1) is 12.1 Å². The molecular formula is C17H21N3O2. The maximum atomic E-state index is 12.0. The second kappa shape index (κ2) is 7.45. The predicted molar refractivity (Wildman–Crippen MR) is 86.8 cm³/mol. The number of nitrogens with zero attached hydrogens (tertiary/aromatic N) is 2. The molecule has 0 bridgehead atoms. The Hall–Kier alpha value is -2.56. The summed E-state index contributed by atoms with van der Waals surface area (Å²) >= 11 is 0. The lowest BCUT2D eigenvalue weighted by Crippen LogP contribution is -2.35. The van der Waals surface area contributed by atoms with Crippen molar-refractivity contribution in [1.29, 1.82) is 0 Å². The van der Waals surface area contributed by atoms with E-state index in [0.29, 0.717) is 16.8 Å². The maximum Gasteiger partial charge on any atom is 0.251 e. The summed E-state index contributed by atoms with van der Waals surface area (Å²) in [7, 11) is 0. The van der Waals surface area contributed by atoms with Crippen LogP contribution in [0.3, 0.4) is 0 Å². The lowest BCUT2D eigenvalue weighted by Gasteiger charge is -2.23. The molecule has 0 aliphatic carbocycles. The fraction of sp³-hybridized carbons (Fsp3) is 0.294. The molecule has 2 aromatic rings. The van der Waals surface area contributed by atoms with Crippen molar-refractivity contribution in [2.24, 2.45) is 0 Å². The van der Waals surface area contributed by atoms with E-state index in [-0.39, 0.29) is 5.91 Å². The van der Waals surface area contributed by atoms with Crippen LogP contribution >= 0.6 is 0 Å². The van der Waals surface area contributed by atoms with Crippen LogP contribution in [0.15, 0.2) is 48.8 Å². The van der Waals surface area contributed by atoms with Crippen LogP contribution in [-0.4, -0.2) is 25.5 Å². The molecule has 116 valence electrons. The lowest BCUT2D eigenvalue weighted by atomic mass is 10.2. The first kappa shape index (κ1) is 15.8. The number of hydrogen-bond acceptors (Lipinski definition) is 3. The summed E-state index contributed by atoms with van der Waals surface area (Å²) in [5, 5.41) is 13.8. The molecule has 1 aromatic heterocycles. The highest BCUT2D eigenvalue weighted by atomic mass is 16.5. The van der Waals surface area contributed by atoms with E-state index in [0.717, 1.165) is 18.8 Å². The van der Waals surface area contributed by atoms with Crippen molar-refractivity contribution in [1.82, 2.24) is 5.32 Å². The van der Waals surface area contributed by atoms with Crippen molar-refractivity contribution in [2.75, 3.05) is 24.5 Å². The molecule has 0 saturated carbocycles. The standard InChI is InChI=1S/C17H21N3O2/c1-3-19(16-6-4-5-14(2)13-16)12-9-18-17(21)15-7-10-20(22)11-8-15/h4-8,10-11,13H,3,9,12H2,1-2H3,(H,18,21). The number of aryl methyl sites for hydroxylation is 1. The number of likely N-dealkylation sites (N-methyl/N-ethyl adjacent to an activating group) is 1. The molecule has 0 aliphatic heterocycles. The first-order chi connectivity index (χ1) is 10.6. The normalized spacial score (nSPS) is 10.3. The van der Waals surface area contributed by atoms with Crippen molar-refractivity contribution >= 4 is 11.6 Å². The van der Waals surface area contributed by atoms with Crippen LogP contribution < -0.4 is 14.9 Å². The van der Waals surface area contributed by atoms with Crippen molar-refractivity contribution < 1.29 is 9.52 Å². The number of nitrogens with one attached hydrogen (secondary N) is 1. The number of anilines is 1. The summed E-state index contributed by atoms with van der Waals surface area (Å²) in [5.74, 6) is -0.166. The maximum absolute atomic E-state index is 12.0. The van der Waals surface area contributed by atoms with Gasteiger partial charge in [0.15, 0.2) is 12.4 Å². The van der Waals surface area contributed by atoms with Gasteiger partial charge in [-0.2, -0.15) is 4.73 Å². The minimum atomic E-state index is -0.166. The average molecular weight is 299 g/mol. The van der Waals surface area contributed by atoms with Crippen molar-refractivity contribution in [3.63, 3.8) is 0 Å². The molecule has 0 radical (unpaired) electrons. The zero-order valence-electron chi connectivity index (χ0n) is 13.0. The van der Waals surface area contributed by atoms with E-state index in [2.05, 4.69) is 42.3 Å². The van der Waals surface area contributed by atoms with E-state index in [4.69, 9.17) is 0 Å². The van der Waals surface area contributed by atoms with E-state index in [9.17, 15) is 10.0 Å². The van der Waals surface area contributed by atoms with Gasteiger partial charge in [-0.1, -0.05) is 12.1 Å². The number of hydrogen-bond donors (Lipinski definition) is 1. The third kappa shape index (κ3) is 4.22. The third-order valence-corrected chi connectivity index (χ3v) is 3.48. The van der Waals surface area contributed by atoms with Crippen LogP contribution in [-0.2, 0) is 0 Å². The predicted octanol–water partition coefficient (Wildman–Crippen LogP) is 1.88. The summed E-state index contributed by atoms with van der Waals surface area (Å²) in [5.41, 5.74) is 2.87. The lowest BCUT2D eigenvalue weighted by molar-refractivity contribution is -0.605. The molecule has 2 rings (SSSR count). The first-order valence-corrected chi connectivity index (χ1v) is 7.39. The number of amides is 1. The molecule has 22 heavy (non-hydrogen) atoms. The van der Waals surface area contributed by atoms with E-state index < -0.39 is 0 Å². The monoisotopic (exact) mass is 299 g/mol. The number of pyridine rings is 1. The van der Waals surface area contributed by atoms with Gasteiger partial charge in [-0.15, -0.1) is 0 Å². The van der Waals surface area contributed by atoms with Gasteiger partial charge in [0.05, 0.1) is 5.56 Å². The van der Waals surface area contributed by atoms with Gasteiger partial charge in [-0.05, 0) is 31.5 Å². The Morgan fingerprint density at radius 1 is 1.27 bits per heavy atom. The van der Waals surface area contributed by atoms with Gasteiger partial charge < -0.3 is 15.4 Å². The fourth-order valence-electron chi connectivity index (χ4n) is 2.27. The van der Waals surface area contributed by atoms with Gasteiger partial charge in [-0.25, -0.2) is 0 Å². The van der Waals surface area contributed by atoms with Crippen LogP contribution in [0.2, 0.25) is 0 Å². The van der Waals surface area contributed by atoms with Crippen LogP contribution in [0.1, 0.15) is 22.8 Å². The molecule has 0 saturated heterocycles. The van der Waals surface area contributed by atoms with Crippen molar-refractivity contribution in [3.8, 4) is 0 Å².